The molecule has 262 valence electrons. The van der Waals surface area contributed by atoms with Crippen LogP contribution in [-0.2, 0) is 10.8 Å². The predicted octanol–water partition coefficient (Wildman–Crippen LogP) is 12.9. The number of pyridine rings is 1. The van der Waals surface area contributed by atoms with E-state index in [1.165, 1.54) is 75.8 Å². The predicted molar refractivity (Wildman–Crippen MR) is 231 cm³/mol. The van der Waals surface area contributed by atoms with Crippen LogP contribution >= 0.6 is 0 Å². The van der Waals surface area contributed by atoms with Crippen molar-refractivity contribution in [2.75, 3.05) is 0 Å². The Morgan fingerprint density at radius 2 is 0.759 bits per heavy atom. The maximum Gasteiger partial charge on any atom is 0.120 e. The van der Waals surface area contributed by atoms with E-state index in [2.05, 4.69) is 162 Å². The quantitative estimate of drug-likeness (QED) is 0.144. The molecule has 0 aliphatic heterocycles. The number of aliphatic hydroxyl groups is 1. The van der Waals surface area contributed by atoms with E-state index < -0.39 is 5.60 Å². The van der Waals surface area contributed by atoms with Gasteiger partial charge in [-0.15, -0.1) is 0 Å². The van der Waals surface area contributed by atoms with Crippen LogP contribution in [0.3, 0.4) is 0 Å². The van der Waals surface area contributed by atoms with Crippen LogP contribution in [-0.4, -0.2) is 15.7 Å². The number of hydrogen-bond donors (Lipinski definition) is 1. The molecule has 2 heteroatoms. The maximum atomic E-state index is 10.3. The van der Waals surface area contributed by atoms with E-state index in [0.717, 1.165) is 27.8 Å². The first kappa shape index (κ1) is 33.9. The van der Waals surface area contributed by atoms with Gasteiger partial charge in [0, 0.05) is 29.1 Å². The molecular formula is C52H43NO. The van der Waals surface area contributed by atoms with Gasteiger partial charge in [0.1, 0.15) is 5.60 Å². The zero-order valence-electron chi connectivity index (χ0n) is 32.3. The number of nitrogens with zero attached hydrogens (tertiary/aromatic N) is 1. The lowest BCUT2D eigenvalue weighted by molar-refractivity contribution is 0.143. The van der Waals surface area contributed by atoms with Gasteiger partial charge in [-0.3, -0.25) is 4.98 Å². The minimum absolute atomic E-state index is 0.0658. The Morgan fingerprint density at radius 3 is 1.06 bits per heavy atom. The van der Waals surface area contributed by atoms with Crippen LogP contribution in [0.4, 0.5) is 0 Å². The van der Waals surface area contributed by atoms with Crippen LogP contribution < -0.4 is 0 Å². The van der Waals surface area contributed by atoms with E-state index in [9.17, 15) is 5.11 Å². The second kappa shape index (κ2) is 11.8. The molecular weight excluding hydrogens is 655 g/mol. The Kier molecular flexibility index (Phi) is 7.39. The van der Waals surface area contributed by atoms with Gasteiger partial charge in [-0.25, -0.2) is 0 Å². The molecule has 1 N–H and O–H groups in total. The fraction of sp³-hybridized carbons (Fsp3) is 0.212. The zero-order valence-corrected chi connectivity index (χ0v) is 32.3. The molecule has 1 aromatic heterocycles. The Bertz CT molecular complexity index is 2780. The highest BCUT2D eigenvalue weighted by Crippen LogP contribution is 2.43. The summed E-state index contributed by atoms with van der Waals surface area (Å²) in [4.78, 5) is 4.85. The molecule has 9 rings (SSSR count). The highest BCUT2D eigenvalue weighted by Gasteiger charge is 2.21. The first-order chi connectivity index (χ1) is 25.6. The van der Waals surface area contributed by atoms with Crippen LogP contribution in [0.1, 0.15) is 72.1 Å². The van der Waals surface area contributed by atoms with Crippen molar-refractivity contribution in [2.45, 2.75) is 71.8 Å². The first-order valence-electron chi connectivity index (χ1n) is 18.8. The van der Waals surface area contributed by atoms with E-state index in [1.54, 1.807) is 13.8 Å². The topological polar surface area (TPSA) is 33.1 Å². The van der Waals surface area contributed by atoms with E-state index in [4.69, 9.17) is 4.98 Å². The number of rotatable bonds is 2. The summed E-state index contributed by atoms with van der Waals surface area (Å²) >= 11 is 0. The molecule has 54 heavy (non-hydrogen) atoms. The highest BCUT2D eigenvalue weighted by molar-refractivity contribution is 6.25. The van der Waals surface area contributed by atoms with Gasteiger partial charge in [-0.2, -0.15) is 0 Å². The van der Waals surface area contributed by atoms with Crippen molar-refractivity contribution in [1.82, 2.24) is 4.98 Å². The summed E-state index contributed by atoms with van der Waals surface area (Å²) < 4.78 is 0. The molecule has 0 bridgehead atoms. The minimum atomic E-state index is -1.14. The Hall–Kier alpha value is -5.93. The van der Waals surface area contributed by atoms with E-state index in [1.807, 2.05) is 12.4 Å². The summed E-state index contributed by atoms with van der Waals surface area (Å²) in [6.45, 7) is 17.0. The Morgan fingerprint density at radius 1 is 0.444 bits per heavy atom. The third-order valence-corrected chi connectivity index (χ3v) is 11.0. The molecule has 0 saturated carbocycles. The summed E-state index contributed by atoms with van der Waals surface area (Å²) in [5, 5.41) is 25.3. The second-order valence-corrected chi connectivity index (χ2v) is 17.6. The number of aromatic nitrogens is 1. The molecule has 0 unspecified atom stereocenters. The van der Waals surface area contributed by atoms with Crippen LogP contribution in [0.5, 0.6) is 0 Å². The molecule has 0 spiro atoms. The van der Waals surface area contributed by atoms with Crippen LogP contribution in [0.2, 0.25) is 0 Å². The molecule has 0 radical (unpaired) electrons. The minimum Gasteiger partial charge on any atom is -0.378 e. The van der Waals surface area contributed by atoms with Crippen LogP contribution in [0.15, 0.2) is 109 Å². The summed E-state index contributed by atoms with van der Waals surface area (Å²) in [7, 11) is 0. The molecule has 0 aliphatic rings. The molecule has 0 fully saturated rings. The van der Waals surface area contributed by atoms with Crippen molar-refractivity contribution >= 4 is 64.6 Å². The van der Waals surface area contributed by atoms with Gasteiger partial charge in [0.15, 0.2) is 0 Å². The van der Waals surface area contributed by atoms with Gasteiger partial charge in [-0.05, 0) is 148 Å². The monoisotopic (exact) mass is 697 g/mol. The van der Waals surface area contributed by atoms with Crippen molar-refractivity contribution in [3.63, 3.8) is 0 Å². The Balaban J connectivity index is 1.25. The van der Waals surface area contributed by atoms with Crippen molar-refractivity contribution < 1.29 is 5.11 Å². The molecule has 2 nitrogen and oxygen atoms in total. The van der Waals surface area contributed by atoms with Crippen molar-refractivity contribution in [2.24, 2.45) is 0 Å². The first-order valence-corrected chi connectivity index (χ1v) is 18.8. The van der Waals surface area contributed by atoms with E-state index in [-0.39, 0.29) is 10.8 Å². The third-order valence-electron chi connectivity index (χ3n) is 11.0. The lowest BCUT2D eigenvalue weighted by Crippen LogP contribution is -2.14. The third kappa shape index (κ3) is 5.71. The second-order valence-electron chi connectivity index (χ2n) is 17.6. The lowest BCUT2D eigenvalue weighted by atomic mass is 9.82. The van der Waals surface area contributed by atoms with Crippen LogP contribution in [0.25, 0.3) is 86.9 Å². The highest BCUT2D eigenvalue weighted by atomic mass is 16.3. The molecule has 0 saturated heterocycles. The standard InChI is InChI=1S/C52H43NO/c1-50(2,3)41-25-35-16-12-31-21-39(22-32-13-17-36(26-41)48(35)46(31)32)44-29-53-30-45(43(44)11-9-10-20-52(7,8)54)40-23-33-14-18-37-27-42(51(4,5)6)28-38-19-15-34(24-40)47(33)49(37)38/h12-19,21-30,54H,1-8H3. The number of benzene rings is 8. The van der Waals surface area contributed by atoms with Crippen molar-refractivity contribution in [1.29, 1.82) is 0 Å². The van der Waals surface area contributed by atoms with Gasteiger partial charge in [0.25, 0.3) is 0 Å². The molecule has 0 aliphatic carbocycles. The maximum absolute atomic E-state index is 10.3. The summed E-state index contributed by atoms with van der Waals surface area (Å²) in [5.41, 5.74) is 6.55. The van der Waals surface area contributed by atoms with Gasteiger partial charge in [-0.1, -0.05) is 126 Å². The SMILES string of the molecule is CC(C)(O)C#CC#Cc1c(-c2cc3ccc4cc(C(C)(C)C)cc5ccc(c2)c3c45)cncc1-c1cc2ccc3cc(C(C)(C)C)cc4ccc(c1)c2c34. The van der Waals surface area contributed by atoms with Gasteiger partial charge in [0.05, 0.1) is 0 Å². The Labute approximate surface area is 317 Å². The average Bonchev–Trinajstić information content (AvgIpc) is 3.12. The van der Waals surface area contributed by atoms with Crippen molar-refractivity contribution in [3.8, 4) is 45.9 Å². The summed E-state index contributed by atoms with van der Waals surface area (Å²) in [6, 6.07) is 36.6. The fourth-order valence-corrected chi connectivity index (χ4v) is 8.16. The van der Waals surface area contributed by atoms with Gasteiger partial charge < -0.3 is 5.11 Å². The molecule has 0 amide bonds. The molecule has 1 heterocycles. The van der Waals surface area contributed by atoms with E-state index in [0.29, 0.717) is 0 Å². The van der Waals surface area contributed by atoms with Gasteiger partial charge in [0.2, 0.25) is 0 Å². The normalized spacial score (nSPS) is 12.6. The van der Waals surface area contributed by atoms with Gasteiger partial charge >= 0.3 is 0 Å². The zero-order chi connectivity index (χ0) is 37.7. The largest absolute Gasteiger partial charge is 0.378 e. The van der Waals surface area contributed by atoms with Crippen LogP contribution in [0, 0.1) is 23.7 Å². The molecule has 9 aromatic rings. The number of hydrogen-bond acceptors (Lipinski definition) is 2. The summed E-state index contributed by atoms with van der Waals surface area (Å²) in [6.07, 6.45) is 3.86. The molecule has 0 atom stereocenters. The summed E-state index contributed by atoms with van der Waals surface area (Å²) in [5.74, 6) is 12.3. The molecule has 8 aromatic carbocycles. The lowest BCUT2D eigenvalue weighted by Gasteiger charge is -2.22. The van der Waals surface area contributed by atoms with E-state index >= 15 is 0 Å². The van der Waals surface area contributed by atoms with Crippen molar-refractivity contribution in [3.05, 3.63) is 126 Å². The smallest absolute Gasteiger partial charge is 0.120 e. The fourth-order valence-electron chi connectivity index (χ4n) is 8.16. The average molecular weight is 698 g/mol.